The fourth-order valence-electron chi connectivity index (χ4n) is 3.88. The molecule has 0 aromatic heterocycles. The molecule has 1 N–H and O–H groups in total. The zero-order valence-corrected chi connectivity index (χ0v) is 17.4. The number of ether oxygens (including phenoxy) is 1. The Labute approximate surface area is 174 Å². The predicted octanol–water partition coefficient (Wildman–Crippen LogP) is 5.13. The number of hydrogen-bond donors (Lipinski definition) is 1. The number of nitrogens with one attached hydrogen (secondary N) is 1. The van der Waals surface area contributed by atoms with Crippen molar-refractivity contribution in [2.24, 2.45) is 0 Å². The van der Waals surface area contributed by atoms with E-state index < -0.39 is 0 Å². The number of anilines is 1. The van der Waals surface area contributed by atoms with Crippen LogP contribution in [0, 0.1) is 6.92 Å². The minimum Gasteiger partial charge on any atom is -0.373 e. The van der Waals surface area contributed by atoms with Gasteiger partial charge in [0.25, 0.3) is 0 Å². The van der Waals surface area contributed by atoms with Crippen LogP contribution in [-0.4, -0.2) is 32.3 Å². The van der Waals surface area contributed by atoms with Gasteiger partial charge in [-0.15, -0.1) is 12.4 Å². The van der Waals surface area contributed by atoms with Crippen LogP contribution in [0.3, 0.4) is 0 Å². The van der Waals surface area contributed by atoms with E-state index in [1.54, 1.807) is 0 Å². The average molecular weight is 397 g/mol. The highest BCUT2D eigenvalue weighted by atomic mass is 35.5. The van der Waals surface area contributed by atoms with Crippen molar-refractivity contribution in [3.63, 3.8) is 0 Å². The lowest BCUT2D eigenvalue weighted by atomic mass is 9.99. The second-order valence-corrected chi connectivity index (χ2v) is 7.47. The molecule has 1 heterocycles. The van der Waals surface area contributed by atoms with Crippen molar-refractivity contribution in [1.29, 1.82) is 0 Å². The number of aryl methyl sites for hydroxylation is 1. The Morgan fingerprint density at radius 1 is 1.04 bits per heavy atom. The standard InChI is InChI=1S/C24H28N2O.ClH/c1-18-10-12-21(13-11-18)26-14-15-27-22(17-26)16-25-19(2)23-9-5-7-20-6-3-4-8-24(20)23;/h3-13,19,22,25H,14-17H2,1-2H3;1H. The van der Waals surface area contributed by atoms with Gasteiger partial charge >= 0.3 is 0 Å². The maximum Gasteiger partial charge on any atom is 0.0875 e. The molecule has 1 fully saturated rings. The maximum atomic E-state index is 6.02. The number of nitrogens with zero attached hydrogens (tertiary/aromatic N) is 1. The summed E-state index contributed by atoms with van der Waals surface area (Å²) >= 11 is 0. The van der Waals surface area contributed by atoms with Crippen molar-refractivity contribution < 1.29 is 4.74 Å². The molecule has 148 valence electrons. The van der Waals surface area contributed by atoms with Crippen molar-refractivity contribution in [2.75, 3.05) is 31.1 Å². The van der Waals surface area contributed by atoms with Gasteiger partial charge in [0.05, 0.1) is 12.7 Å². The fourth-order valence-corrected chi connectivity index (χ4v) is 3.88. The summed E-state index contributed by atoms with van der Waals surface area (Å²) in [5.74, 6) is 0. The summed E-state index contributed by atoms with van der Waals surface area (Å²) in [6, 6.07) is 24.2. The molecule has 0 spiro atoms. The number of fused-ring (bicyclic) bond motifs is 1. The van der Waals surface area contributed by atoms with Crippen molar-refractivity contribution >= 4 is 28.9 Å². The number of morpholine rings is 1. The molecule has 0 radical (unpaired) electrons. The van der Waals surface area contributed by atoms with E-state index in [-0.39, 0.29) is 24.6 Å². The van der Waals surface area contributed by atoms with Gasteiger partial charge in [0, 0.05) is 31.4 Å². The lowest BCUT2D eigenvalue weighted by Gasteiger charge is -2.35. The zero-order chi connectivity index (χ0) is 18.6. The summed E-state index contributed by atoms with van der Waals surface area (Å²) in [4.78, 5) is 2.43. The van der Waals surface area contributed by atoms with Gasteiger partial charge in [0.1, 0.15) is 0 Å². The number of hydrogen-bond acceptors (Lipinski definition) is 3. The predicted molar refractivity (Wildman–Crippen MR) is 121 cm³/mol. The van der Waals surface area contributed by atoms with Crippen molar-refractivity contribution in [2.45, 2.75) is 26.0 Å². The summed E-state index contributed by atoms with van der Waals surface area (Å²) < 4.78 is 6.02. The number of rotatable bonds is 5. The quantitative estimate of drug-likeness (QED) is 0.647. The molecule has 1 saturated heterocycles. The SMILES string of the molecule is Cc1ccc(N2CCOC(CNC(C)c3cccc4ccccc34)C2)cc1.Cl. The lowest BCUT2D eigenvalue weighted by Crippen LogP contribution is -2.47. The number of halogens is 1. The Bertz CT molecular complexity index is 891. The molecule has 4 heteroatoms. The normalized spacial score (nSPS) is 17.9. The molecular formula is C24H29ClN2O. The molecule has 1 aliphatic rings. The monoisotopic (exact) mass is 396 g/mol. The summed E-state index contributed by atoms with van der Waals surface area (Å²) in [7, 11) is 0. The first-order valence-electron chi connectivity index (χ1n) is 9.85. The first kappa shape index (κ1) is 20.7. The van der Waals surface area contributed by atoms with E-state index in [0.29, 0.717) is 0 Å². The van der Waals surface area contributed by atoms with Crippen LogP contribution >= 0.6 is 12.4 Å². The third-order valence-electron chi connectivity index (χ3n) is 5.48. The van der Waals surface area contributed by atoms with Crippen molar-refractivity contribution in [1.82, 2.24) is 5.32 Å². The molecule has 0 aliphatic carbocycles. The summed E-state index contributed by atoms with van der Waals surface area (Å²) in [5.41, 5.74) is 3.93. The average Bonchev–Trinajstić information content (AvgIpc) is 2.72. The van der Waals surface area contributed by atoms with E-state index in [2.05, 4.69) is 90.8 Å². The first-order chi connectivity index (χ1) is 13.2. The maximum absolute atomic E-state index is 6.02. The number of benzene rings is 3. The lowest BCUT2D eigenvalue weighted by molar-refractivity contribution is 0.0395. The van der Waals surface area contributed by atoms with Crippen LogP contribution in [0.5, 0.6) is 0 Å². The van der Waals surface area contributed by atoms with Crippen LogP contribution in [-0.2, 0) is 4.74 Å². The molecule has 2 atom stereocenters. The molecule has 0 bridgehead atoms. The summed E-state index contributed by atoms with van der Waals surface area (Å²) in [6.45, 7) is 7.89. The second-order valence-electron chi connectivity index (χ2n) is 7.47. The van der Waals surface area contributed by atoms with E-state index >= 15 is 0 Å². The molecule has 28 heavy (non-hydrogen) atoms. The Balaban J connectivity index is 0.00000225. The van der Waals surface area contributed by atoms with E-state index in [9.17, 15) is 0 Å². The van der Waals surface area contributed by atoms with Gasteiger partial charge in [-0.25, -0.2) is 0 Å². The van der Waals surface area contributed by atoms with Crippen LogP contribution in [0.1, 0.15) is 24.1 Å². The van der Waals surface area contributed by atoms with Crippen LogP contribution in [0.4, 0.5) is 5.69 Å². The molecule has 0 amide bonds. The molecule has 4 rings (SSSR count). The van der Waals surface area contributed by atoms with Crippen molar-refractivity contribution in [3.8, 4) is 0 Å². The van der Waals surface area contributed by atoms with E-state index in [1.807, 2.05) is 0 Å². The summed E-state index contributed by atoms with van der Waals surface area (Å²) in [5, 5.41) is 6.31. The third kappa shape index (κ3) is 4.67. The van der Waals surface area contributed by atoms with E-state index in [0.717, 1.165) is 26.2 Å². The molecular weight excluding hydrogens is 368 g/mol. The van der Waals surface area contributed by atoms with Gasteiger partial charge in [-0.3, -0.25) is 0 Å². The second kappa shape index (κ2) is 9.42. The smallest absolute Gasteiger partial charge is 0.0875 e. The zero-order valence-electron chi connectivity index (χ0n) is 16.6. The first-order valence-corrected chi connectivity index (χ1v) is 9.85. The molecule has 3 aromatic carbocycles. The van der Waals surface area contributed by atoms with Gasteiger partial charge in [-0.05, 0) is 42.3 Å². The fraction of sp³-hybridized carbons (Fsp3) is 0.333. The van der Waals surface area contributed by atoms with Gasteiger partial charge < -0.3 is 15.0 Å². The highest BCUT2D eigenvalue weighted by Crippen LogP contribution is 2.24. The van der Waals surface area contributed by atoms with Gasteiger partial charge in [0.15, 0.2) is 0 Å². The summed E-state index contributed by atoms with van der Waals surface area (Å²) in [6.07, 6.45) is 0.206. The topological polar surface area (TPSA) is 24.5 Å². The van der Waals surface area contributed by atoms with Gasteiger partial charge in [0.2, 0.25) is 0 Å². The molecule has 3 aromatic rings. The van der Waals surface area contributed by atoms with Crippen LogP contribution in [0.2, 0.25) is 0 Å². The molecule has 1 aliphatic heterocycles. The van der Waals surface area contributed by atoms with Crippen LogP contribution in [0.15, 0.2) is 66.7 Å². The van der Waals surface area contributed by atoms with Gasteiger partial charge in [-0.1, -0.05) is 60.2 Å². The Morgan fingerprint density at radius 3 is 2.61 bits per heavy atom. The van der Waals surface area contributed by atoms with Crippen LogP contribution in [0.25, 0.3) is 10.8 Å². The molecule has 2 unspecified atom stereocenters. The largest absolute Gasteiger partial charge is 0.373 e. The highest BCUT2D eigenvalue weighted by Gasteiger charge is 2.21. The minimum atomic E-state index is 0. The molecule has 3 nitrogen and oxygen atoms in total. The van der Waals surface area contributed by atoms with E-state index in [4.69, 9.17) is 4.74 Å². The third-order valence-corrected chi connectivity index (χ3v) is 5.48. The Hall–Kier alpha value is -2.07. The minimum absolute atomic E-state index is 0. The van der Waals surface area contributed by atoms with Crippen LogP contribution < -0.4 is 10.2 Å². The van der Waals surface area contributed by atoms with Gasteiger partial charge in [-0.2, -0.15) is 0 Å². The Kier molecular flexibility index (Phi) is 6.95. The highest BCUT2D eigenvalue weighted by molar-refractivity contribution is 5.86. The molecule has 0 saturated carbocycles. The van der Waals surface area contributed by atoms with Crippen molar-refractivity contribution in [3.05, 3.63) is 77.9 Å². The van der Waals surface area contributed by atoms with E-state index in [1.165, 1.54) is 27.6 Å². The Morgan fingerprint density at radius 2 is 1.79 bits per heavy atom.